The van der Waals surface area contributed by atoms with Crippen LogP contribution >= 0.6 is 24.0 Å². The van der Waals surface area contributed by atoms with E-state index in [0.29, 0.717) is 25.1 Å². The second-order valence-electron chi connectivity index (χ2n) is 6.17. The van der Waals surface area contributed by atoms with Crippen molar-refractivity contribution in [2.45, 2.75) is 25.6 Å². The molecule has 0 aromatic heterocycles. The van der Waals surface area contributed by atoms with Crippen LogP contribution in [0.4, 0.5) is 17.6 Å². The van der Waals surface area contributed by atoms with Crippen LogP contribution in [-0.4, -0.2) is 30.8 Å². The number of aliphatic imine (C=N–C) groups is 1. The first-order valence-electron chi connectivity index (χ1n) is 8.88. The Balaban J connectivity index is 0.00000420. The van der Waals surface area contributed by atoms with E-state index in [1.807, 2.05) is 37.3 Å². The Morgan fingerprint density at radius 3 is 2.38 bits per heavy atom. The highest BCUT2D eigenvalue weighted by atomic mass is 127. The molecule has 29 heavy (non-hydrogen) atoms. The number of hydrogen-bond donors (Lipinski definition) is 3. The standard InChI is InChI=1S/C20H23F4N3O.HI/c1-2-25-19(27-12-16(13-28)14-6-4-3-5-7-14)26-11-15-8-9-17(21)10-18(15)20(22,23)24;/h3-10,16,28H,2,11-13H2,1H3,(H2,25,26,27);1H. The Morgan fingerprint density at radius 1 is 1.10 bits per heavy atom. The zero-order chi connectivity index (χ0) is 20.6. The average Bonchev–Trinajstić information content (AvgIpc) is 2.67. The fourth-order valence-electron chi connectivity index (χ4n) is 2.69. The molecule has 9 heteroatoms. The molecule has 0 aliphatic rings. The van der Waals surface area contributed by atoms with E-state index < -0.39 is 17.6 Å². The lowest BCUT2D eigenvalue weighted by Gasteiger charge is -2.18. The number of nitrogens with zero attached hydrogens (tertiary/aromatic N) is 1. The molecular formula is C20H24F4IN3O. The number of alkyl halides is 3. The van der Waals surface area contributed by atoms with Crippen LogP contribution in [0.25, 0.3) is 0 Å². The summed E-state index contributed by atoms with van der Waals surface area (Å²) in [6.45, 7) is 2.33. The number of aliphatic hydroxyl groups excluding tert-OH is 1. The second-order valence-corrected chi connectivity index (χ2v) is 6.17. The van der Waals surface area contributed by atoms with Crippen LogP contribution in [-0.2, 0) is 12.7 Å². The number of nitrogens with one attached hydrogen (secondary N) is 2. The maximum Gasteiger partial charge on any atom is 0.416 e. The van der Waals surface area contributed by atoms with Gasteiger partial charge in [0.25, 0.3) is 0 Å². The molecule has 0 spiro atoms. The number of rotatable bonds is 7. The van der Waals surface area contributed by atoms with Crippen molar-refractivity contribution < 1.29 is 22.7 Å². The lowest BCUT2D eigenvalue weighted by Crippen LogP contribution is -2.40. The molecule has 0 fully saturated rings. The Morgan fingerprint density at radius 2 is 1.79 bits per heavy atom. The molecule has 0 radical (unpaired) electrons. The summed E-state index contributed by atoms with van der Waals surface area (Å²) in [7, 11) is 0. The molecule has 0 amide bonds. The molecule has 0 saturated carbocycles. The van der Waals surface area contributed by atoms with E-state index in [9.17, 15) is 22.7 Å². The van der Waals surface area contributed by atoms with E-state index >= 15 is 0 Å². The molecule has 2 rings (SSSR count). The van der Waals surface area contributed by atoms with Gasteiger partial charge in [-0.25, -0.2) is 9.38 Å². The van der Waals surface area contributed by atoms with Crippen molar-refractivity contribution in [3.8, 4) is 0 Å². The van der Waals surface area contributed by atoms with Gasteiger partial charge in [-0.15, -0.1) is 24.0 Å². The van der Waals surface area contributed by atoms with Gasteiger partial charge < -0.3 is 15.7 Å². The fraction of sp³-hybridized carbons (Fsp3) is 0.350. The first-order chi connectivity index (χ1) is 13.3. The Kier molecular flexibility index (Phi) is 10.4. The van der Waals surface area contributed by atoms with Crippen molar-refractivity contribution in [3.63, 3.8) is 0 Å². The summed E-state index contributed by atoms with van der Waals surface area (Å²) in [5, 5.41) is 15.6. The Bertz CT molecular complexity index is 785. The molecule has 2 aromatic carbocycles. The molecule has 1 unspecified atom stereocenters. The van der Waals surface area contributed by atoms with Crippen LogP contribution in [0.5, 0.6) is 0 Å². The van der Waals surface area contributed by atoms with Crippen LogP contribution in [0.1, 0.15) is 29.5 Å². The van der Waals surface area contributed by atoms with Crippen LogP contribution in [0.15, 0.2) is 53.5 Å². The van der Waals surface area contributed by atoms with Gasteiger partial charge in [0, 0.05) is 19.0 Å². The molecule has 0 bridgehead atoms. The van der Waals surface area contributed by atoms with Gasteiger partial charge in [0.1, 0.15) is 5.82 Å². The number of aliphatic hydroxyl groups is 1. The minimum absolute atomic E-state index is 0. The quantitative estimate of drug-likeness (QED) is 0.219. The van der Waals surface area contributed by atoms with Crippen molar-refractivity contribution in [1.82, 2.24) is 10.6 Å². The summed E-state index contributed by atoms with van der Waals surface area (Å²) in [5.41, 5.74) is -0.219. The second kappa shape index (κ2) is 12.0. The molecule has 1 atom stereocenters. The van der Waals surface area contributed by atoms with E-state index in [4.69, 9.17) is 0 Å². The first-order valence-corrected chi connectivity index (χ1v) is 8.88. The van der Waals surface area contributed by atoms with Crippen molar-refractivity contribution >= 4 is 29.9 Å². The van der Waals surface area contributed by atoms with Gasteiger partial charge in [0.05, 0.1) is 18.7 Å². The highest BCUT2D eigenvalue weighted by Crippen LogP contribution is 2.32. The molecule has 0 heterocycles. The maximum absolute atomic E-state index is 13.2. The van der Waals surface area contributed by atoms with Crippen molar-refractivity contribution in [2.75, 3.05) is 19.7 Å². The van der Waals surface area contributed by atoms with Crippen molar-refractivity contribution in [2.24, 2.45) is 4.99 Å². The van der Waals surface area contributed by atoms with Gasteiger partial charge >= 0.3 is 6.18 Å². The van der Waals surface area contributed by atoms with Crippen LogP contribution in [0.3, 0.4) is 0 Å². The van der Waals surface area contributed by atoms with Crippen molar-refractivity contribution in [1.29, 1.82) is 0 Å². The van der Waals surface area contributed by atoms with Crippen LogP contribution in [0.2, 0.25) is 0 Å². The SMILES string of the molecule is CCNC(=NCc1ccc(F)cc1C(F)(F)F)NCC(CO)c1ccccc1.I. The van der Waals surface area contributed by atoms with Gasteiger partial charge in [0.2, 0.25) is 0 Å². The summed E-state index contributed by atoms with van der Waals surface area (Å²) in [5.74, 6) is -0.824. The summed E-state index contributed by atoms with van der Waals surface area (Å²) in [4.78, 5) is 4.18. The highest BCUT2D eigenvalue weighted by Gasteiger charge is 2.33. The van der Waals surface area contributed by atoms with Crippen LogP contribution in [0, 0.1) is 5.82 Å². The van der Waals surface area contributed by atoms with E-state index in [0.717, 1.165) is 17.7 Å². The lowest BCUT2D eigenvalue weighted by molar-refractivity contribution is -0.138. The number of halogens is 5. The molecule has 0 aliphatic heterocycles. The Labute approximate surface area is 184 Å². The zero-order valence-electron chi connectivity index (χ0n) is 15.8. The molecule has 0 saturated heterocycles. The number of guanidine groups is 1. The largest absolute Gasteiger partial charge is 0.416 e. The summed E-state index contributed by atoms with van der Waals surface area (Å²) in [6.07, 6.45) is -4.66. The molecule has 2 aromatic rings. The van der Waals surface area contributed by atoms with Gasteiger partial charge in [-0.1, -0.05) is 36.4 Å². The molecule has 3 N–H and O–H groups in total. The highest BCUT2D eigenvalue weighted by molar-refractivity contribution is 14.0. The predicted octanol–water partition coefficient (Wildman–Crippen LogP) is 4.29. The molecule has 160 valence electrons. The monoisotopic (exact) mass is 525 g/mol. The number of hydrogen-bond acceptors (Lipinski definition) is 2. The molecule has 4 nitrogen and oxygen atoms in total. The minimum Gasteiger partial charge on any atom is -0.396 e. The zero-order valence-corrected chi connectivity index (χ0v) is 18.2. The smallest absolute Gasteiger partial charge is 0.396 e. The van der Waals surface area contributed by atoms with Gasteiger partial charge in [-0.05, 0) is 30.2 Å². The average molecular weight is 525 g/mol. The Hall–Kier alpha value is -1.88. The van der Waals surface area contributed by atoms with Gasteiger partial charge in [0.15, 0.2) is 5.96 Å². The third-order valence-corrected chi connectivity index (χ3v) is 4.14. The van der Waals surface area contributed by atoms with Gasteiger partial charge in [-0.2, -0.15) is 13.2 Å². The van der Waals surface area contributed by atoms with E-state index in [1.54, 1.807) is 0 Å². The minimum atomic E-state index is -4.66. The van der Waals surface area contributed by atoms with Crippen molar-refractivity contribution in [3.05, 3.63) is 71.0 Å². The first kappa shape index (κ1) is 25.2. The van der Waals surface area contributed by atoms with E-state index in [1.165, 1.54) is 0 Å². The maximum atomic E-state index is 13.2. The lowest BCUT2D eigenvalue weighted by atomic mass is 10.0. The summed E-state index contributed by atoms with van der Waals surface area (Å²) >= 11 is 0. The third kappa shape index (κ3) is 7.81. The predicted molar refractivity (Wildman–Crippen MR) is 116 cm³/mol. The van der Waals surface area contributed by atoms with E-state index in [2.05, 4.69) is 15.6 Å². The van der Waals surface area contributed by atoms with Crippen LogP contribution < -0.4 is 10.6 Å². The number of benzene rings is 2. The molecular weight excluding hydrogens is 501 g/mol. The topological polar surface area (TPSA) is 56.7 Å². The van der Waals surface area contributed by atoms with E-state index in [-0.39, 0.29) is 48.6 Å². The fourth-order valence-corrected chi connectivity index (χ4v) is 2.69. The normalized spacial score (nSPS) is 12.8. The summed E-state index contributed by atoms with van der Waals surface area (Å²) < 4.78 is 52.6. The van der Waals surface area contributed by atoms with Gasteiger partial charge in [-0.3, -0.25) is 0 Å². The summed E-state index contributed by atoms with van der Waals surface area (Å²) in [6, 6.07) is 11.9. The third-order valence-electron chi connectivity index (χ3n) is 4.14. The molecule has 0 aliphatic carbocycles.